The monoisotopic (exact) mass is 255 g/mol. The van der Waals surface area contributed by atoms with Crippen LogP contribution < -0.4 is 5.32 Å². The van der Waals surface area contributed by atoms with E-state index in [0.29, 0.717) is 11.5 Å². The molecule has 0 saturated carbocycles. The maximum Gasteiger partial charge on any atom is 0.0546 e. The highest BCUT2D eigenvalue weighted by atomic mass is 16.5. The van der Waals surface area contributed by atoms with Gasteiger partial charge in [0, 0.05) is 50.8 Å². The maximum absolute atomic E-state index is 5.75. The van der Waals surface area contributed by atoms with Gasteiger partial charge in [-0.1, -0.05) is 0 Å². The molecular weight excluding hydrogens is 226 g/mol. The number of hydrogen-bond donors (Lipinski definition) is 1. The third-order valence-electron chi connectivity index (χ3n) is 4.56. The Morgan fingerprint density at radius 2 is 2.22 bits per heavy atom. The number of nitrogens with zero attached hydrogens (tertiary/aromatic N) is 2. The molecular formula is C14H29N3O. The average Bonchev–Trinajstić information content (AvgIpc) is 2.35. The second-order valence-electron chi connectivity index (χ2n) is 6.25. The number of likely N-dealkylation sites (N-methyl/N-ethyl adjacent to an activating group) is 1. The summed E-state index contributed by atoms with van der Waals surface area (Å²) in [6, 6.07) is 0.676. The van der Waals surface area contributed by atoms with Gasteiger partial charge in [-0.2, -0.15) is 0 Å². The first-order valence-corrected chi connectivity index (χ1v) is 7.30. The molecule has 2 saturated heterocycles. The normalized spacial score (nSPS) is 35.8. The number of nitrogens with one attached hydrogen (secondary N) is 1. The number of rotatable bonds is 4. The summed E-state index contributed by atoms with van der Waals surface area (Å²) >= 11 is 0. The van der Waals surface area contributed by atoms with Gasteiger partial charge in [0.05, 0.1) is 6.61 Å². The molecule has 18 heavy (non-hydrogen) atoms. The molecule has 4 heteroatoms. The lowest BCUT2D eigenvalue weighted by atomic mass is 9.81. The highest BCUT2D eigenvalue weighted by Gasteiger charge is 2.35. The van der Waals surface area contributed by atoms with Gasteiger partial charge < -0.3 is 15.0 Å². The summed E-state index contributed by atoms with van der Waals surface area (Å²) in [5.74, 6) is 0. The van der Waals surface area contributed by atoms with Crippen LogP contribution in [0.5, 0.6) is 0 Å². The Bertz CT molecular complexity index is 248. The van der Waals surface area contributed by atoms with Crippen LogP contribution in [0.25, 0.3) is 0 Å². The number of piperazine rings is 1. The highest BCUT2D eigenvalue weighted by molar-refractivity contribution is 4.89. The standard InChI is InChI=1S/C14H29N3O/c1-13-9-17(7-6-16(13)3)11-14(10-15-2)5-4-8-18-12-14/h13,15H,4-12H2,1-3H3. The molecule has 1 N–H and O–H groups in total. The van der Waals surface area contributed by atoms with E-state index in [1.165, 1.54) is 39.0 Å². The molecule has 106 valence electrons. The first-order valence-electron chi connectivity index (χ1n) is 7.30. The van der Waals surface area contributed by atoms with E-state index in [-0.39, 0.29) is 0 Å². The van der Waals surface area contributed by atoms with Gasteiger partial charge >= 0.3 is 0 Å². The maximum atomic E-state index is 5.75. The van der Waals surface area contributed by atoms with Gasteiger partial charge in [-0.15, -0.1) is 0 Å². The third-order valence-corrected chi connectivity index (χ3v) is 4.56. The summed E-state index contributed by atoms with van der Waals surface area (Å²) in [7, 11) is 4.29. The fourth-order valence-electron chi connectivity index (χ4n) is 3.35. The molecule has 0 spiro atoms. The first-order chi connectivity index (χ1) is 8.65. The van der Waals surface area contributed by atoms with Crippen LogP contribution in [0.1, 0.15) is 19.8 Å². The topological polar surface area (TPSA) is 27.7 Å². The van der Waals surface area contributed by atoms with Crippen LogP contribution in [0.3, 0.4) is 0 Å². The Hall–Kier alpha value is -0.160. The zero-order valence-electron chi connectivity index (χ0n) is 12.2. The summed E-state index contributed by atoms with van der Waals surface area (Å²) in [6.07, 6.45) is 2.51. The average molecular weight is 255 g/mol. The molecule has 2 fully saturated rings. The van der Waals surface area contributed by atoms with E-state index < -0.39 is 0 Å². The molecule has 2 atom stereocenters. The summed E-state index contributed by atoms with van der Waals surface area (Å²) in [5, 5.41) is 3.37. The second-order valence-corrected chi connectivity index (χ2v) is 6.25. The molecule has 0 aliphatic carbocycles. The van der Waals surface area contributed by atoms with Crippen LogP contribution in [0.2, 0.25) is 0 Å². The van der Waals surface area contributed by atoms with Crippen molar-refractivity contribution in [2.75, 3.05) is 60.0 Å². The zero-order chi connectivity index (χ0) is 13.0. The van der Waals surface area contributed by atoms with Gasteiger partial charge in [0.1, 0.15) is 0 Å². The van der Waals surface area contributed by atoms with Crippen molar-refractivity contribution in [2.24, 2.45) is 5.41 Å². The van der Waals surface area contributed by atoms with Crippen molar-refractivity contribution in [1.29, 1.82) is 0 Å². The molecule has 4 nitrogen and oxygen atoms in total. The summed E-state index contributed by atoms with van der Waals surface area (Å²) in [5.41, 5.74) is 0.336. The Kier molecular flexibility index (Phi) is 5.01. The van der Waals surface area contributed by atoms with Gasteiger partial charge in [0.2, 0.25) is 0 Å². The van der Waals surface area contributed by atoms with Crippen LogP contribution in [0.4, 0.5) is 0 Å². The molecule has 0 bridgehead atoms. The molecule has 0 aromatic heterocycles. The molecule has 0 radical (unpaired) electrons. The fraction of sp³-hybridized carbons (Fsp3) is 1.00. The first kappa shape index (κ1) is 14.3. The van der Waals surface area contributed by atoms with Crippen LogP contribution in [-0.4, -0.2) is 75.9 Å². The molecule has 0 aromatic rings. The fourth-order valence-corrected chi connectivity index (χ4v) is 3.35. The van der Waals surface area contributed by atoms with Crippen molar-refractivity contribution >= 4 is 0 Å². The lowest BCUT2D eigenvalue weighted by molar-refractivity contribution is -0.0354. The Labute approximate surface area is 112 Å². The van der Waals surface area contributed by atoms with Gasteiger partial charge in [-0.05, 0) is 33.9 Å². The SMILES string of the molecule is CNCC1(CN2CCN(C)C(C)C2)CCCOC1. The lowest BCUT2D eigenvalue weighted by Crippen LogP contribution is -2.55. The molecule has 2 unspecified atom stereocenters. The van der Waals surface area contributed by atoms with Crippen LogP contribution in [0.15, 0.2) is 0 Å². The Balaban J connectivity index is 1.92. The van der Waals surface area contributed by atoms with Crippen molar-refractivity contribution in [3.05, 3.63) is 0 Å². The molecule has 0 aromatic carbocycles. The van der Waals surface area contributed by atoms with E-state index in [1.807, 2.05) is 0 Å². The highest BCUT2D eigenvalue weighted by Crippen LogP contribution is 2.29. The molecule has 2 aliphatic heterocycles. The minimum Gasteiger partial charge on any atom is -0.381 e. The van der Waals surface area contributed by atoms with Gasteiger partial charge in [-0.3, -0.25) is 4.90 Å². The van der Waals surface area contributed by atoms with Crippen molar-refractivity contribution in [3.63, 3.8) is 0 Å². The second kappa shape index (κ2) is 6.33. The van der Waals surface area contributed by atoms with Crippen molar-refractivity contribution < 1.29 is 4.74 Å². The van der Waals surface area contributed by atoms with Crippen LogP contribution in [0, 0.1) is 5.41 Å². The predicted molar refractivity (Wildman–Crippen MR) is 74.9 cm³/mol. The Morgan fingerprint density at radius 3 is 2.83 bits per heavy atom. The van der Waals surface area contributed by atoms with Crippen LogP contribution >= 0.6 is 0 Å². The van der Waals surface area contributed by atoms with Gasteiger partial charge in [0.15, 0.2) is 0 Å². The molecule has 2 aliphatic rings. The lowest BCUT2D eigenvalue weighted by Gasteiger charge is -2.45. The van der Waals surface area contributed by atoms with Crippen LogP contribution in [-0.2, 0) is 4.74 Å². The van der Waals surface area contributed by atoms with E-state index in [4.69, 9.17) is 4.74 Å². The largest absolute Gasteiger partial charge is 0.381 e. The predicted octanol–water partition coefficient (Wildman–Crippen LogP) is 0.639. The van der Waals surface area contributed by atoms with Crippen molar-refractivity contribution in [3.8, 4) is 0 Å². The molecule has 2 rings (SSSR count). The van der Waals surface area contributed by atoms with Crippen molar-refractivity contribution in [2.45, 2.75) is 25.8 Å². The van der Waals surface area contributed by atoms with E-state index in [9.17, 15) is 0 Å². The van der Waals surface area contributed by atoms with Crippen molar-refractivity contribution in [1.82, 2.24) is 15.1 Å². The van der Waals surface area contributed by atoms with E-state index in [2.05, 4.69) is 36.1 Å². The quantitative estimate of drug-likeness (QED) is 0.798. The Morgan fingerprint density at radius 1 is 1.39 bits per heavy atom. The number of hydrogen-bond acceptors (Lipinski definition) is 4. The molecule has 2 heterocycles. The minimum atomic E-state index is 0.336. The summed E-state index contributed by atoms with van der Waals surface area (Å²) in [4.78, 5) is 5.09. The molecule has 0 amide bonds. The summed E-state index contributed by atoms with van der Waals surface area (Å²) in [6.45, 7) is 10.1. The summed E-state index contributed by atoms with van der Waals surface area (Å²) < 4.78 is 5.75. The third kappa shape index (κ3) is 3.44. The van der Waals surface area contributed by atoms with Gasteiger partial charge in [-0.25, -0.2) is 0 Å². The van der Waals surface area contributed by atoms with Gasteiger partial charge in [0.25, 0.3) is 0 Å². The minimum absolute atomic E-state index is 0.336. The van der Waals surface area contributed by atoms with E-state index in [1.54, 1.807) is 0 Å². The van der Waals surface area contributed by atoms with E-state index >= 15 is 0 Å². The number of ether oxygens (including phenoxy) is 1. The smallest absolute Gasteiger partial charge is 0.0546 e. The van der Waals surface area contributed by atoms with E-state index in [0.717, 1.165) is 19.8 Å². The zero-order valence-corrected chi connectivity index (χ0v) is 12.2.